The molecular weight excluding hydrogens is 561 g/mol. The quantitative estimate of drug-likeness (QED) is 0.177. The minimum absolute atomic E-state index is 0.0513. The lowest BCUT2D eigenvalue weighted by Crippen LogP contribution is -2.17. The molecule has 196 valence electrons. The fourth-order valence-corrected chi connectivity index (χ4v) is 5.45. The van der Waals surface area contributed by atoms with Gasteiger partial charge in [-0.2, -0.15) is 0 Å². The number of esters is 1. The molecule has 3 aromatic rings. The first-order valence-corrected chi connectivity index (χ1v) is 13.4. The van der Waals surface area contributed by atoms with Crippen molar-refractivity contribution in [2.75, 3.05) is 17.7 Å². The zero-order chi connectivity index (χ0) is 27.1. The van der Waals surface area contributed by atoms with Crippen LogP contribution in [-0.2, 0) is 22.7 Å². The summed E-state index contributed by atoms with van der Waals surface area (Å²) in [5.74, 6) is -0.889. The molecule has 37 heavy (non-hydrogen) atoms. The SMILES string of the molecule is C=CCn1c(COc2ccc(Cl)cc2Cl)nnc1SCC(=O)Nc1sc(C(N)=O)c(C)c1C(=O)OCC. The number of carbonyl (C=O) groups excluding carboxylic acids is 3. The van der Waals surface area contributed by atoms with Gasteiger partial charge in [0.25, 0.3) is 5.91 Å². The van der Waals surface area contributed by atoms with Gasteiger partial charge in [-0.15, -0.1) is 28.1 Å². The third kappa shape index (κ3) is 7.04. The Hall–Kier alpha value is -3.06. The summed E-state index contributed by atoms with van der Waals surface area (Å²) in [7, 11) is 0. The number of benzene rings is 1. The molecule has 0 aliphatic carbocycles. The minimum atomic E-state index is -0.699. The molecular formula is C23H23Cl2N5O5S2. The summed E-state index contributed by atoms with van der Waals surface area (Å²) in [6.07, 6.45) is 1.66. The zero-order valence-corrected chi connectivity index (χ0v) is 23.0. The minimum Gasteiger partial charge on any atom is -0.484 e. The maximum atomic E-state index is 12.7. The summed E-state index contributed by atoms with van der Waals surface area (Å²) < 4.78 is 12.6. The third-order valence-corrected chi connectivity index (χ3v) is 7.51. The fourth-order valence-electron chi connectivity index (χ4n) is 3.16. The van der Waals surface area contributed by atoms with Gasteiger partial charge < -0.3 is 20.5 Å². The van der Waals surface area contributed by atoms with Crippen LogP contribution in [-0.4, -0.2) is 44.9 Å². The molecule has 0 spiro atoms. The number of thiophene rings is 1. The average molecular weight is 585 g/mol. The molecule has 2 amide bonds. The van der Waals surface area contributed by atoms with E-state index in [1.165, 1.54) is 0 Å². The summed E-state index contributed by atoms with van der Waals surface area (Å²) >= 11 is 14.1. The van der Waals surface area contributed by atoms with Crippen molar-refractivity contribution in [3.8, 4) is 5.75 Å². The van der Waals surface area contributed by atoms with Crippen molar-refractivity contribution in [2.45, 2.75) is 32.2 Å². The van der Waals surface area contributed by atoms with Crippen LogP contribution < -0.4 is 15.8 Å². The Morgan fingerprint density at radius 2 is 2.05 bits per heavy atom. The maximum Gasteiger partial charge on any atom is 0.341 e. The Kier molecular flexibility index (Phi) is 9.98. The number of hydrogen-bond acceptors (Lipinski definition) is 9. The normalized spacial score (nSPS) is 10.7. The van der Waals surface area contributed by atoms with Crippen LogP contribution in [0.1, 0.15) is 38.3 Å². The fraction of sp³-hybridized carbons (Fsp3) is 0.261. The lowest BCUT2D eigenvalue weighted by molar-refractivity contribution is -0.113. The average Bonchev–Trinajstić information content (AvgIpc) is 3.37. The molecule has 0 fully saturated rings. The van der Waals surface area contributed by atoms with Gasteiger partial charge in [0, 0.05) is 11.6 Å². The monoisotopic (exact) mass is 583 g/mol. The Morgan fingerprint density at radius 1 is 1.30 bits per heavy atom. The summed E-state index contributed by atoms with van der Waals surface area (Å²) in [5.41, 5.74) is 5.88. The van der Waals surface area contributed by atoms with Crippen molar-refractivity contribution in [3.05, 3.63) is 62.7 Å². The van der Waals surface area contributed by atoms with E-state index in [4.69, 9.17) is 38.4 Å². The highest BCUT2D eigenvalue weighted by Crippen LogP contribution is 2.34. The number of nitrogens with two attached hydrogens (primary N) is 1. The van der Waals surface area contributed by atoms with Crippen LogP contribution in [0.5, 0.6) is 5.75 Å². The molecule has 10 nitrogen and oxygen atoms in total. The van der Waals surface area contributed by atoms with Gasteiger partial charge >= 0.3 is 5.97 Å². The van der Waals surface area contributed by atoms with Gasteiger partial charge in [-0.05, 0) is 37.6 Å². The molecule has 1 aromatic carbocycles. The van der Waals surface area contributed by atoms with Crippen LogP contribution in [0.2, 0.25) is 10.0 Å². The van der Waals surface area contributed by atoms with E-state index in [0.29, 0.717) is 38.9 Å². The van der Waals surface area contributed by atoms with E-state index in [2.05, 4.69) is 22.1 Å². The number of thioether (sulfide) groups is 1. The van der Waals surface area contributed by atoms with Crippen LogP contribution >= 0.6 is 46.3 Å². The molecule has 3 rings (SSSR count). The van der Waals surface area contributed by atoms with Gasteiger partial charge in [-0.1, -0.05) is 41.0 Å². The van der Waals surface area contributed by atoms with E-state index in [9.17, 15) is 14.4 Å². The Bertz CT molecular complexity index is 1340. The molecule has 0 aliphatic rings. The first-order chi connectivity index (χ1) is 17.7. The van der Waals surface area contributed by atoms with Crippen molar-refractivity contribution in [3.63, 3.8) is 0 Å². The maximum absolute atomic E-state index is 12.7. The van der Waals surface area contributed by atoms with Gasteiger partial charge in [0.2, 0.25) is 5.91 Å². The number of ether oxygens (including phenoxy) is 2. The number of halogens is 2. The topological polar surface area (TPSA) is 138 Å². The van der Waals surface area contributed by atoms with E-state index in [1.807, 2.05) is 0 Å². The smallest absolute Gasteiger partial charge is 0.341 e. The largest absolute Gasteiger partial charge is 0.484 e. The number of primary amides is 1. The first-order valence-electron chi connectivity index (χ1n) is 10.8. The zero-order valence-electron chi connectivity index (χ0n) is 19.9. The molecule has 0 saturated heterocycles. The van der Waals surface area contributed by atoms with Crippen molar-refractivity contribution in [1.82, 2.24) is 14.8 Å². The van der Waals surface area contributed by atoms with Crippen LogP contribution in [0.3, 0.4) is 0 Å². The van der Waals surface area contributed by atoms with E-state index in [0.717, 1.165) is 23.1 Å². The second-order valence-electron chi connectivity index (χ2n) is 7.34. The molecule has 3 N–H and O–H groups in total. The summed E-state index contributed by atoms with van der Waals surface area (Å²) in [5, 5.41) is 12.5. The molecule has 0 radical (unpaired) electrons. The van der Waals surface area contributed by atoms with E-state index in [-0.39, 0.29) is 34.4 Å². The lowest BCUT2D eigenvalue weighted by Gasteiger charge is -2.10. The van der Waals surface area contributed by atoms with Crippen molar-refractivity contribution in [1.29, 1.82) is 0 Å². The van der Waals surface area contributed by atoms with Crippen molar-refractivity contribution < 1.29 is 23.9 Å². The number of anilines is 1. The highest BCUT2D eigenvalue weighted by atomic mass is 35.5. The molecule has 2 aromatic heterocycles. The Labute approximate surface area is 231 Å². The van der Waals surface area contributed by atoms with Gasteiger partial charge in [-0.25, -0.2) is 4.79 Å². The summed E-state index contributed by atoms with van der Waals surface area (Å²) in [6, 6.07) is 4.88. The second-order valence-corrected chi connectivity index (χ2v) is 10.2. The lowest BCUT2D eigenvalue weighted by atomic mass is 10.1. The van der Waals surface area contributed by atoms with Crippen LogP contribution in [0.4, 0.5) is 5.00 Å². The van der Waals surface area contributed by atoms with E-state index in [1.54, 1.807) is 42.7 Å². The highest BCUT2D eigenvalue weighted by molar-refractivity contribution is 7.99. The molecule has 0 atom stereocenters. The van der Waals surface area contributed by atoms with E-state index < -0.39 is 17.8 Å². The number of allylic oxidation sites excluding steroid dienone is 1. The standard InChI is InChI=1S/C23H23Cl2N5O5S2/c1-4-8-30-16(10-35-15-7-6-13(24)9-14(15)25)28-29-23(30)36-11-17(31)27-21-18(22(33)34-5-2)12(3)19(37-21)20(26)32/h4,6-7,9H,1,5,8,10-11H2,2-3H3,(H2,26,32)(H,27,31). The van der Waals surface area contributed by atoms with Crippen LogP contribution in [0.25, 0.3) is 0 Å². The molecule has 14 heteroatoms. The third-order valence-electron chi connectivity index (χ3n) is 4.79. The summed E-state index contributed by atoms with van der Waals surface area (Å²) in [4.78, 5) is 37.1. The molecule has 0 aliphatic heterocycles. The first kappa shape index (κ1) is 28.5. The predicted octanol–water partition coefficient (Wildman–Crippen LogP) is 4.73. The number of aromatic nitrogens is 3. The van der Waals surface area contributed by atoms with Gasteiger partial charge in [0.05, 0.1) is 27.8 Å². The number of nitrogens with zero attached hydrogens (tertiary/aromatic N) is 3. The van der Waals surface area contributed by atoms with E-state index >= 15 is 0 Å². The molecule has 0 saturated carbocycles. The summed E-state index contributed by atoms with van der Waals surface area (Å²) in [6.45, 7) is 7.58. The Morgan fingerprint density at radius 3 is 2.70 bits per heavy atom. The highest BCUT2D eigenvalue weighted by Gasteiger charge is 2.26. The number of rotatable bonds is 12. The predicted molar refractivity (Wildman–Crippen MR) is 144 cm³/mol. The number of nitrogens with one attached hydrogen (secondary N) is 1. The van der Waals surface area contributed by atoms with Gasteiger partial charge in [0.15, 0.2) is 11.0 Å². The van der Waals surface area contributed by atoms with Crippen LogP contribution in [0, 0.1) is 6.92 Å². The number of carbonyl (C=O) groups is 3. The Balaban J connectivity index is 1.71. The van der Waals surface area contributed by atoms with Crippen molar-refractivity contribution >= 4 is 69.1 Å². The molecule has 2 heterocycles. The van der Waals surface area contributed by atoms with Gasteiger partial charge in [-0.3, -0.25) is 14.2 Å². The number of hydrogen-bond donors (Lipinski definition) is 2. The van der Waals surface area contributed by atoms with Crippen molar-refractivity contribution in [2.24, 2.45) is 5.73 Å². The van der Waals surface area contributed by atoms with Crippen LogP contribution in [0.15, 0.2) is 36.0 Å². The molecule has 0 unspecified atom stereocenters. The number of amides is 2. The molecule has 0 bridgehead atoms. The van der Waals surface area contributed by atoms with Gasteiger partial charge in [0.1, 0.15) is 17.4 Å². The second kappa shape index (κ2) is 13.0.